The number of rotatable bonds is 2. The second-order valence-electron chi connectivity index (χ2n) is 6.06. The van der Waals surface area contributed by atoms with E-state index in [9.17, 15) is 4.79 Å². The predicted octanol–water partition coefficient (Wildman–Crippen LogP) is 1.59. The van der Waals surface area contributed by atoms with Gasteiger partial charge in [0.1, 0.15) is 12.6 Å². The summed E-state index contributed by atoms with van der Waals surface area (Å²) in [5.41, 5.74) is 2.95. The van der Waals surface area contributed by atoms with E-state index in [1.807, 2.05) is 24.3 Å². The minimum atomic E-state index is -0.590. The van der Waals surface area contributed by atoms with Crippen LogP contribution in [0.4, 0.5) is 0 Å². The number of carbonyl (C=O) groups excluding carboxylic acids is 1. The quantitative estimate of drug-likeness (QED) is 0.827. The second-order valence-corrected chi connectivity index (χ2v) is 6.06. The monoisotopic (exact) mass is 308 g/mol. The first-order chi connectivity index (χ1) is 11.3. The van der Waals surface area contributed by atoms with Gasteiger partial charge < -0.3 is 10.1 Å². The maximum Gasteiger partial charge on any atom is 0.325 e. The van der Waals surface area contributed by atoms with Crippen LogP contribution < -0.4 is 10.6 Å². The predicted molar refractivity (Wildman–Crippen MR) is 88.1 cm³/mol. The van der Waals surface area contributed by atoms with Crippen LogP contribution in [0.15, 0.2) is 54.6 Å². The smallest absolute Gasteiger partial charge is 0.325 e. The molecule has 2 heterocycles. The molecule has 0 spiro atoms. The van der Waals surface area contributed by atoms with Crippen LogP contribution in [0.2, 0.25) is 0 Å². The van der Waals surface area contributed by atoms with Crippen molar-refractivity contribution in [3.05, 3.63) is 71.3 Å². The number of morpholine rings is 1. The number of hydrogen-bond donors (Lipinski definition) is 2. The summed E-state index contributed by atoms with van der Waals surface area (Å²) in [6.07, 6.45) is 0.965. The third kappa shape index (κ3) is 2.26. The molecule has 118 valence electrons. The van der Waals surface area contributed by atoms with Crippen molar-refractivity contribution in [2.75, 3.05) is 19.7 Å². The zero-order valence-corrected chi connectivity index (χ0v) is 12.9. The Morgan fingerprint density at radius 1 is 1.00 bits per heavy atom. The molecular weight excluding hydrogens is 288 g/mol. The van der Waals surface area contributed by atoms with Gasteiger partial charge in [0, 0.05) is 13.1 Å². The topological polar surface area (TPSA) is 50.4 Å². The molecule has 0 amide bonds. The van der Waals surface area contributed by atoms with E-state index in [0.29, 0.717) is 13.2 Å². The minimum absolute atomic E-state index is 0.190. The van der Waals surface area contributed by atoms with E-state index < -0.39 is 11.6 Å². The number of esters is 1. The average Bonchev–Trinajstić information content (AvgIpc) is 2.62. The summed E-state index contributed by atoms with van der Waals surface area (Å²) in [6, 6.07) is 18.1. The van der Waals surface area contributed by atoms with Gasteiger partial charge in [-0.05, 0) is 23.1 Å². The highest BCUT2D eigenvalue weighted by Gasteiger charge is 2.49. The van der Waals surface area contributed by atoms with Gasteiger partial charge in [-0.15, -0.1) is 0 Å². The highest BCUT2D eigenvalue weighted by molar-refractivity contribution is 5.80. The summed E-state index contributed by atoms with van der Waals surface area (Å²) in [6.45, 7) is 1.94. The van der Waals surface area contributed by atoms with Crippen molar-refractivity contribution in [3.8, 4) is 0 Å². The third-order valence-electron chi connectivity index (χ3n) is 4.83. The number of ether oxygens (including phenoxy) is 1. The summed E-state index contributed by atoms with van der Waals surface area (Å²) in [5, 5.41) is 7.02. The number of hydrogen-bond acceptors (Lipinski definition) is 4. The summed E-state index contributed by atoms with van der Waals surface area (Å²) in [7, 11) is 0. The SMILES string of the molecule is O=C1OCCNC1C1(c2ccccc2)NCCc2ccccc21. The third-order valence-corrected chi connectivity index (χ3v) is 4.83. The van der Waals surface area contributed by atoms with Crippen molar-refractivity contribution in [1.82, 2.24) is 10.6 Å². The molecule has 2 aliphatic rings. The van der Waals surface area contributed by atoms with Crippen LogP contribution in [-0.4, -0.2) is 31.7 Å². The number of fused-ring (bicyclic) bond motifs is 1. The fourth-order valence-corrected chi connectivity index (χ4v) is 3.85. The molecule has 23 heavy (non-hydrogen) atoms. The van der Waals surface area contributed by atoms with E-state index in [-0.39, 0.29) is 5.97 Å². The molecule has 2 atom stereocenters. The first kappa shape index (κ1) is 14.4. The zero-order valence-electron chi connectivity index (χ0n) is 12.9. The lowest BCUT2D eigenvalue weighted by Crippen LogP contribution is -2.65. The molecule has 4 heteroatoms. The Bertz CT molecular complexity index is 716. The van der Waals surface area contributed by atoms with Crippen molar-refractivity contribution >= 4 is 5.97 Å². The number of nitrogens with one attached hydrogen (secondary N) is 2. The summed E-state index contributed by atoms with van der Waals surface area (Å²) >= 11 is 0. The minimum Gasteiger partial charge on any atom is -0.463 e. The van der Waals surface area contributed by atoms with Gasteiger partial charge in [-0.1, -0.05) is 54.6 Å². The number of benzene rings is 2. The molecule has 4 nitrogen and oxygen atoms in total. The largest absolute Gasteiger partial charge is 0.463 e. The Balaban J connectivity index is 1.94. The van der Waals surface area contributed by atoms with Crippen molar-refractivity contribution in [3.63, 3.8) is 0 Å². The molecule has 4 rings (SSSR count). The fourth-order valence-electron chi connectivity index (χ4n) is 3.85. The van der Waals surface area contributed by atoms with Gasteiger partial charge in [-0.25, -0.2) is 0 Å². The van der Waals surface area contributed by atoms with Crippen LogP contribution in [-0.2, 0) is 21.5 Å². The Morgan fingerprint density at radius 3 is 2.61 bits per heavy atom. The molecule has 0 bridgehead atoms. The van der Waals surface area contributed by atoms with E-state index >= 15 is 0 Å². The van der Waals surface area contributed by atoms with E-state index in [1.54, 1.807) is 0 Å². The first-order valence-corrected chi connectivity index (χ1v) is 8.11. The molecule has 0 aliphatic carbocycles. The zero-order chi connectivity index (χ0) is 15.7. The van der Waals surface area contributed by atoms with E-state index in [1.165, 1.54) is 5.56 Å². The van der Waals surface area contributed by atoms with Crippen molar-refractivity contribution in [2.24, 2.45) is 0 Å². The Hall–Kier alpha value is -2.17. The summed E-state index contributed by atoms with van der Waals surface area (Å²) < 4.78 is 5.36. The lowest BCUT2D eigenvalue weighted by atomic mass is 9.72. The molecule has 1 saturated heterocycles. The molecule has 0 saturated carbocycles. The van der Waals surface area contributed by atoms with Crippen molar-refractivity contribution in [2.45, 2.75) is 18.0 Å². The van der Waals surface area contributed by atoms with Crippen molar-refractivity contribution < 1.29 is 9.53 Å². The Kier molecular flexibility index (Phi) is 3.63. The number of carbonyl (C=O) groups is 1. The first-order valence-electron chi connectivity index (χ1n) is 8.11. The van der Waals surface area contributed by atoms with Gasteiger partial charge >= 0.3 is 5.97 Å². The summed E-state index contributed by atoms with van der Waals surface area (Å²) in [4.78, 5) is 12.6. The standard InChI is InChI=1S/C19H20N2O2/c22-18-17(20-12-13-23-18)19(15-7-2-1-3-8-15)16-9-5-4-6-14(16)10-11-21-19/h1-9,17,20-21H,10-13H2. The maximum atomic E-state index is 12.6. The Morgan fingerprint density at radius 2 is 1.78 bits per heavy atom. The van der Waals surface area contributed by atoms with Crippen LogP contribution in [0.25, 0.3) is 0 Å². The lowest BCUT2D eigenvalue weighted by molar-refractivity contribution is -0.152. The van der Waals surface area contributed by atoms with Gasteiger partial charge in [0.15, 0.2) is 0 Å². The molecule has 2 aliphatic heterocycles. The van der Waals surface area contributed by atoms with E-state index in [0.717, 1.165) is 24.1 Å². The van der Waals surface area contributed by atoms with Gasteiger partial charge in [-0.2, -0.15) is 0 Å². The lowest BCUT2D eigenvalue weighted by Gasteiger charge is -2.46. The van der Waals surface area contributed by atoms with E-state index in [4.69, 9.17) is 4.74 Å². The molecule has 2 aromatic carbocycles. The van der Waals surface area contributed by atoms with Gasteiger partial charge in [0.2, 0.25) is 0 Å². The van der Waals surface area contributed by atoms with Crippen LogP contribution in [0.1, 0.15) is 16.7 Å². The number of cyclic esters (lactones) is 1. The van der Waals surface area contributed by atoms with Crippen LogP contribution >= 0.6 is 0 Å². The fraction of sp³-hybridized carbons (Fsp3) is 0.316. The van der Waals surface area contributed by atoms with E-state index in [2.05, 4.69) is 41.0 Å². The molecule has 0 radical (unpaired) electrons. The average molecular weight is 308 g/mol. The van der Waals surface area contributed by atoms with Crippen molar-refractivity contribution in [1.29, 1.82) is 0 Å². The molecule has 1 fully saturated rings. The molecule has 2 N–H and O–H groups in total. The van der Waals surface area contributed by atoms with Crippen LogP contribution in [0.5, 0.6) is 0 Å². The highest BCUT2D eigenvalue weighted by Crippen LogP contribution is 2.38. The Labute approximate surface area is 135 Å². The summed E-state index contributed by atoms with van der Waals surface area (Å²) in [5.74, 6) is -0.190. The molecular formula is C19H20N2O2. The van der Waals surface area contributed by atoms with Crippen LogP contribution in [0, 0.1) is 0 Å². The molecule has 2 aromatic rings. The second kappa shape index (κ2) is 5.80. The van der Waals surface area contributed by atoms with Gasteiger partial charge in [0.25, 0.3) is 0 Å². The van der Waals surface area contributed by atoms with Gasteiger partial charge in [-0.3, -0.25) is 10.1 Å². The van der Waals surface area contributed by atoms with Crippen LogP contribution in [0.3, 0.4) is 0 Å². The highest BCUT2D eigenvalue weighted by atomic mass is 16.5. The van der Waals surface area contributed by atoms with Gasteiger partial charge in [0.05, 0.1) is 5.54 Å². The normalized spacial score (nSPS) is 27.1. The molecule has 2 unspecified atom stereocenters. The molecule has 0 aromatic heterocycles. The maximum absolute atomic E-state index is 12.6.